The van der Waals surface area contributed by atoms with Gasteiger partial charge in [-0.15, -0.1) is 0 Å². The van der Waals surface area contributed by atoms with Crippen molar-refractivity contribution in [1.82, 2.24) is 0 Å². The van der Waals surface area contributed by atoms with E-state index in [4.69, 9.17) is 0 Å². The van der Waals surface area contributed by atoms with Gasteiger partial charge in [0.15, 0.2) is 0 Å². The van der Waals surface area contributed by atoms with Gasteiger partial charge in [0.1, 0.15) is 0 Å². The molecule has 0 heterocycles. The zero-order chi connectivity index (χ0) is 21.9. The maximum Gasteiger partial charge on any atom is 0.309 e. The van der Waals surface area contributed by atoms with E-state index in [9.17, 15) is 9.90 Å². The number of hydrogen-bond donors (Lipinski definition) is 1. The smallest absolute Gasteiger partial charge is 0.309 e. The zero-order valence-electron chi connectivity index (χ0n) is 20.4. The summed E-state index contributed by atoms with van der Waals surface area (Å²) in [6.45, 7) is 4.52. The first kappa shape index (κ1) is 27.2. The van der Waals surface area contributed by atoms with Crippen molar-refractivity contribution in [3.63, 3.8) is 0 Å². The molecule has 0 aromatic carbocycles. The third kappa shape index (κ3) is 12.2. The Morgan fingerprint density at radius 3 is 1.73 bits per heavy atom. The molecule has 2 unspecified atom stereocenters. The average molecular weight is 421 g/mol. The second kappa shape index (κ2) is 17.8. The fourth-order valence-electron chi connectivity index (χ4n) is 4.94. The fraction of sp³-hybridized carbons (Fsp3) is 0.893. The second-order valence-corrected chi connectivity index (χ2v) is 9.90. The van der Waals surface area contributed by atoms with Crippen LogP contribution in [-0.2, 0) is 4.79 Å². The molecule has 176 valence electrons. The van der Waals surface area contributed by atoms with Crippen LogP contribution in [0.2, 0.25) is 0 Å². The molecule has 2 heteroatoms. The highest BCUT2D eigenvalue weighted by Gasteiger charge is 2.58. The fourth-order valence-corrected chi connectivity index (χ4v) is 4.94. The Balaban J connectivity index is 1.97. The molecule has 1 N–H and O–H groups in total. The first-order valence-electron chi connectivity index (χ1n) is 13.6. The van der Waals surface area contributed by atoms with Gasteiger partial charge in [-0.3, -0.25) is 4.79 Å². The summed E-state index contributed by atoms with van der Waals surface area (Å²) in [5, 5.41) is 9.74. The Morgan fingerprint density at radius 1 is 0.733 bits per heavy atom. The predicted molar refractivity (Wildman–Crippen MR) is 131 cm³/mol. The largest absolute Gasteiger partial charge is 0.481 e. The summed E-state index contributed by atoms with van der Waals surface area (Å²) in [7, 11) is 0. The number of allylic oxidation sites excluding steroid dienone is 2. The molecule has 1 aliphatic carbocycles. The van der Waals surface area contributed by atoms with Crippen LogP contribution in [0.3, 0.4) is 0 Å². The van der Waals surface area contributed by atoms with Crippen molar-refractivity contribution < 1.29 is 9.90 Å². The van der Waals surface area contributed by atoms with Crippen molar-refractivity contribution in [1.29, 1.82) is 0 Å². The Labute approximate surface area is 188 Å². The van der Waals surface area contributed by atoms with E-state index in [0.717, 1.165) is 25.7 Å². The standard InChI is InChI=1S/C28H52O2/c1-3-5-7-9-11-12-13-14-15-16-17-18-20-22-24-28(27(29)30)25-26(28)23-21-19-10-8-6-4-2/h14-15,26H,3-13,16-25H2,1-2H3,(H,29,30). The van der Waals surface area contributed by atoms with Crippen LogP contribution < -0.4 is 0 Å². The highest BCUT2D eigenvalue weighted by atomic mass is 16.4. The lowest BCUT2D eigenvalue weighted by atomic mass is 9.93. The SMILES string of the molecule is CCCCCCCCC=CCCCCCCC1(C(=O)O)CC1CCCCCCCC. The number of carboxylic acids is 1. The van der Waals surface area contributed by atoms with Crippen molar-refractivity contribution >= 4 is 5.97 Å². The molecular weight excluding hydrogens is 368 g/mol. The van der Waals surface area contributed by atoms with Gasteiger partial charge in [-0.2, -0.15) is 0 Å². The molecule has 2 atom stereocenters. The molecule has 0 radical (unpaired) electrons. The van der Waals surface area contributed by atoms with Crippen LogP contribution in [0.1, 0.15) is 149 Å². The second-order valence-electron chi connectivity index (χ2n) is 9.90. The Hall–Kier alpha value is -0.790. The Morgan fingerprint density at radius 2 is 1.20 bits per heavy atom. The van der Waals surface area contributed by atoms with E-state index in [0.29, 0.717) is 5.92 Å². The maximum atomic E-state index is 11.8. The molecule has 0 aliphatic heterocycles. The van der Waals surface area contributed by atoms with E-state index in [1.54, 1.807) is 0 Å². The maximum absolute atomic E-state index is 11.8. The highest BCUT2D eigenvalue weighted by Crippen LogP contribution is 2.58. The van der Waals surface area contributed by atoms with Crippen LogP contribution >= 0.6 is 0 Å². The monoisotopic (exact) mass is 420 g/mol. The lowest BCUT2D eigenvalue weighted by Gasteiger charge is -2.12. The van der Waals surface area contributed by atoms with E-state index in [-0.39, 0.29) is 5.41 Å². The Kier molecular flexibility index (Phi) is 16.2. The van der Waals surface area contributed by atoms with Crippen molar-refractivity contribution in [3.8, 4) is 0 Å². The van der Waals surface area contributed by atoms with E-state index in [1.807, 2.05) is 0 Å². The van der Waals surface area contributed by atoms with Crippen molar-refractivity contribution in [2.24, 2.45) is 11.3 Å². The summed E-state index contributed by atoms with van der Waals surface area (Å²) in [5.41, 5.74) is -0.347. The molecule has 0 bridgehead atoms. The van der Waals surface area contributed by atoms with Gasteiger partial charge < -0.3 is 5.11 Å². The molecule has 1 fully saturated rings. The zero-order valence-corrected chi connectivity index (χ0v) is 20.4. The number of carbonyl (C=O) groups is 1. The molecule has 0 spiro atoms. The minimum Gasteiger partial charge on any atom is -0.481 e. The van der Waals surface area contributed by atoms with E-state index >= 15 is 0 Å². The summed E-state index contributed by atoms with van der Waals surface area (Å²) < 4.78 is 0. The quantitative estimate of drug-likeness (QED) is 0.140. The van der Waals surface area contributed by atoms with Gasteiger partial charge in [-0.25, -0.2) is 0 Å². The molecule has 0 aromatic heterocycles. The molecule has 0 saturated heterocycles. The summed E-state index contributed by atoms with van der Waals surface area (Å²) in [6.07, 6.45) is 31.1. The van der Waals surface area contributed by atoms with Gasteiger partial charge >= 0.3 is 5.97 Å². The van der Waals surface area contributed by atoms with E-state index in [2.05, 4.69) is 26.0 Å². The summed E-state index contributed by atoms with van der Waals surface area (Å²) in [4.78, 5) is 11.8. The van der Waals surface area contributed by atoms with Crippen LogP contribution in [0.5, 0.6) is 0 Å². The van der Waals surface area contributed by atoms with Crippen LogP contribution in [-0.4, -0.2) is 11.1 Å². The highest BCUT2D eigenvalue weighted by molar-refractivity contribution is 5.78. The summed E-state index contributed by atoms with van der Waals surface area (Å²) in [5.74, 6) is -0.0535. The minimum atomic E-state index is -0.517. The lowest BCUT2D eigenvalue weighted by Crippen LogP contribution is -2.17. The normalized spacial score (nSPS) is 20.8. The third-order valence-electron chi connectivity index (χ3n) is 7.20. The molecule has 2 nitrogen and oxygen atoms in total. The van der Waals surface area contributed by atoms with Gasteiger partial charge in [-0.05, 0) is 50.9 Å². The van der Waals surface area contributed by atoms with Crippen LogP contribution in [0.25, 0.3) is 0 Å². The van der Waals surface area contributed by atoms with Crippen LogP contribution in [0, 0.1) is 11.3 Å². The molecule has 1 saturated carbocycles. The minimum absolute atomic E-state index is 0.347. The first-order valence-corrected chi connectivity index (χ1v) is 13.6. The number of aliphatic carboxylic acids is 1. The van der Waals surface area contributed by atoms with Crippen LogP contribution in [0.15, 0.2) is 12.2 Å². The van der Waals surface area contributed by atoms with Crippen molar-refractivity contribution in [2.75, 3.05) is 0 Å². The lowest BCUT2D eigenvalue weighted by molar-refractivity contribution is -0.144. The topological polar surface area (TPSA) is 37.3 Å². The number of hydrogen-bond acceptors (Lipinski definition) is 1. The van der Waals surface area contributed by atoms with Gasteiger partial charge in [0.2, 0.25) is 0 Å². The van der Waals surface area contributed by atoms with Crippen molar-refractivity contribution in [2.45, 2.75) is 149 Å². The summed E-state index contributed by atoms with van der Waals surface area (Å²) >= 11 is 0. The first-order chi connectivity index (χ1) is 14.7. The molecular formula is C28H52O2. The van der Waals surface area contributed by atoms with E-state index < -0.39 is 5.97 Å². The van der Waals surface area contributed by atoms with Gasteiger partial charge in [0, 0.05) is 0 Å². The van der Waals surface area contributed by atoms with Crippen molar-refractivity contribution in [3.05, 3.63) is 12.2 Å². The predicted octanol–water partition coefficient (Wildman–Crippen LogP) is 9.48. The molecule has 0 amide bonds. The molecule has 0 aromatic rings. The molecule has 1 rings (SSSR count). The van der Waals surface area contributed by atoms with Gasteiger partial charge in [0.05, 0.1) is 5.41 Å². The summed E-state index contributed by atoms with van der Waals surface area (Å²) in [6, 6.07) is 0. The molecule has 1 aliphatic rings. The van der Waals surface area contributed by atoms with Gasteiger partial charge in [0.25, 0.3) is 0 Å². The van der Waals surface area contributed by atoms with Crippen LogP contribution in [0.4, 0.5) is 0 Å². The number of unbranched alkanes of at least 4 members (excludes halogenated alkanes) is 15. The van der Waals surface area contributed by atoms with Gasteiger partial charge in [-0.1, -0.05) is 116 Å². The number of rotatable bonds is 22. The Bertz CT molecular complexity index is 442. The van der Waals surface area contributed by atoms with E-state index in [1.165, 1.54) is 109 Å². The number of carboxylic acid groups (broad SMARTS) is 1. The third-order valence-corrected chi connectivity index (χ3v) is 7.20. The molecule has 30 heavy (non-hydrogen) atoms. The average Bonchev–Trinajstić information content (AvgIpc) is 3.45.